The summed E-state index contributed by atoms with van der Waals surface area (Å²) in [5.41, 5.74) is 9.83. The van der Waals surface area contributed by atoms with Crippen LogP contribution >= 0.6 is 0 Å². The minimum absolute atomic E-state index is 0.0277. The van der Waals surface area contributed by atoms with Gasteiger partial charge in [0.25, 0.3) is 11.8 Å². The smallest absolute Gasteiger partial charge is 0.276 e. The third-order valence-electron chi connectivity index (χ3n) is 5.91. The molecule has 2 amide bonds. The van der Waals surface area contributed by atoms with E-state index in [9.17, 15) is 9.59 Å². The Morgan fingerprint density at radius 3 is 2.52 bits per heavy atom. The largest absolute Gasteiger partial charge is 0.402 e. The number of nitrogens with one attached hydrogen (secondary N) is 1. The summed E-state index contributed by atoms with van der Waals surface area (Å²) in [7, 11) is 0. The SMILES string of the molecule is C=C(N)C1CCN(C(=O)c2cccc(-c3cnc(C)c(C(=O)Nc4ccccc4)n3)c2)CC1. The van der Waals surface area contributed by atoms with E-state index in [-0.39, 0.29) is 23.4 Å². The molecular weight excluding hydrogens is 414 g/mol. The van der Waals surface area contributed by atoms with Crippen LogP contribution in [0.4, 0.5) is 5.69 Å². The van der Waals surface area contributed by atoms with Gasteiger partial charge in [-0.05, 0) is 44.0 Å². The number of carbonyl (C=O) groups excluding carboxylic acids is 2. The van der Waals surface area contributed by atoms with Crippen molar-refractivity contribution in [2.24, 2.45) is 11.7 Å². The summed E-state index contributed by atoms with van der Waals surface area (Å²) in [6.07, 6.45) is 3.27. The van der Waals surface area contributed by atoms with E-state index in [1.807, 2.05) is 47.4 Å². The maximum absolute atomic E-state index is 13.1. The lowest BCUT2D eigenvalue weighted by Gasteiger charge is -2.32. The molecule has 3 N–H and O–H groups in total. The Kier molecular flexibility index (Phi) is 6.49. The molecule has 1 aliphatic rings. The summed E-state index contributed by atoms with van der Waals surface area (Å²) in [6, 6.07) is 16.5. The van der Waals surface area contributed by atoms with Crippen LogP contribution in [-0.2, 0) is 0 Å². The van der Waals surface area contributed by atoms with Crippen LogP contribution < -0.4 is 11.1 Å². The lowest BCUT2D eigenvalue weighted by molar-refractivity contribution is 0.0701. The second-order valence-corrected chi connectivity index (χ2v) is 8.23. The van der Waals surface area contributed by atoms with Crippen LogP contribution in [0.15, 0.2) is 73.1 Å². The number of hydrogen-bond acceptors (Lipinski definition) is 5. The normalized spacial score (nSPS) is 14.0. The van der Waals surface area contributed by atoms with E-state index < -0.39 is 0 Å². The average molecular weight is 442 g/mol. The van der Waals surface area contributed by atoms with Gasteiger partial charge in [-0.3, -0.25) is 14.6 Å². The number of benzene rings is 2. The molecule has 0 spiro atoms. The van der Waals surface area contributed by atoms with Crippen LogP contribution in [0, 0.1) is 12.8 Å². The number of para-hydroxylation sites is 1. The number of nitrogens with zero attached hydrogens (tertiary/aromatic N) is 3. The molecule has 0 aliphatic carbocycles. The Balaban J connectivity index is 1.53. The highest BCUT2D eigenvalue weighted by molar-refractivity contribution is 6.03. The molecule has 1 fully saturated rings. The number of rotatable bonds is 5. The first-order valence-corrected chi connectivity index (χ1v) is 11.0. The van der Waals surface area contributed by atoms with Gasteiger partial charge < -0.3 is 16.0 Å². The van der Waals surface area contributed by atoms with Crippen molar-refractivity contribution in [3.63, 3.8) is 0 Å². The molecular formula is C26H27N5O2. The minimum Gasteiger partial charge on any atom is -0.402 e. The van der Waals surface area contributed by atoms with Crippen LogP contribution in [0.5, 0.6) is 0 Å². The second-order valence-electron chi connectivity index (χ2n) is 8.23. The van der Waals surface area contributed by atoms with Crippen LogP contribution in [0.2, 0.25) is 0 Å². The molecule has 7 nitrogen and oxygen atoms in total. The highest BCUT2D eigenvalue weighted by atomic mass is 16.2. The van der Waals surface area contributed by atoms with Crippen molar-refractivity contribution in [3.8, 4) is 11.3 Å². The number of hydrogen-bond donors (Lipinski definition) is 2. The molecule has 2 heterocycles. The first-order chi connectivity index (χ1) is 15.9. The molecule has 1 saturated heterocycles. The van der Waals surface area contributed by atoms with E-state index in [0.717, 1.165) is 18.4 Å². The molecule has 0 saturated carbocycles. The Bertz CT molecular complexity index is 1180. The molecule has 7 heteroatoms. The van der Waals surface area contributed by atoms with Gasteiger partial charge in [0.2, 0.25) is 0 Å². The Hall–Kier alpha value is -4.00. The number of amides is 2. The summed E-state index contributed by atoms with van der Waals surface area (Å²) < 4.78 is 0. The van der Waals surface area contributed by atoms with E-state index >= 15 is 0 Å². The van der Waals surface area contributed by atoms with Gasteiger partial charge in [-0.15, -0.1) is 0 Å². The first-order valence-electron chi connectivity index (χ1n) is 11.0. The van der Waals surface area contributed by atoms with Gasteiger partial charge in [-0.2, -0.15) is 0 Å². The van der Waals surface area contributed by atoms with Crippen molar-refractivity contribution < 1.29 is 9.59 Å². The zero-order valence-electron chi connectivity index (χ0n) is 18.6. The molecule has 0 unspecified atom stereocenters. The van der Waals surface area contributed by atoms with E-state index in [4.69, 9.17) is 5.73 Å². The zero-order chi connectivity index (χ0) is 23.4. The number of carbonyl (C=O) groups is 2. The molecule has 4 rings (SSSR count). The third kappa shape index (κ3) is 5.09. The van der Waals surface area contributed by atoms with Crippen molar-refractivity contribution in [2.75, 3.05) is 18.4 Å². The van der Waals surface area contributed by atoms with Crippen molar-refractivity contribution >= 4 is 17.5 Å². The number of aromatic nitrogens is 2. The van der Waals surface area contributed by atoms with Gasteiger partial charge in [-0.25, -0.2) is 4.98 Å². The van der Waals surface area contributed by atoms with E-state index in [1.54, 1.807) is 25.3 Å². The van der Waals surface area contributed by atoms with Crippen LogP contribution in [0.3, 0.4) is 0 Å². The Morgan fingerprint density at radius 2 is 1.82 bits per heavy atom. The molecule has 3 aromatic rings. The number of nitrogens with two attached hydrogens (primary N) is 1. The Morgan fingerprint density at radius 1 is 1.09 bits per heavy atom. The van der Waals surface area contributed by atoms with Gasteiger partial charge >= 0.3 is 0 Å². The Labute approximate surface area is 193 Å². The summed E-state index contributed by atoms with van der Waals surface area (Å²) in [6.45, 7) is 6.88. The van der Waals surface area contributed by atoms with Gasteiger partial charge in [0.15, 0.2) is 0 Å². The summed E-state index contributed by atoms with van der Waals surface area (Å²) in [5, 5.41) is 2.84. The fourth-order valence-electron chi connectivity index (χ4n) is 3.96. The predicted octanol–water partition coefficient (Wildman–Crippen LogP) is 4.03. The molecule has 0 radical (unpaired) electrons. The number of likely N-dealkylation sites (tertiary alicyclic amines) is 1. The fourth-order valence-corrected chi connectivity index (χ4v) is 3.96. The topological polar surface area (TPSA) is 101 Å². The van der Waals surface area contributed by atoms with E-state index in [1.165, 1.54) is 0 Å². The second kappa shape index (κ2) is 9.65. The maximum Gasteiger partial charge on any atom is 0.276 e. The molecule has 0 bridgehead atoms. The summed E-state index contributed by atoms with van der Waals surface area (Å²) in [4.78, 5) is 36.6. The lowest BCUT2D eigenvalue weighted by atomic mass is 9.94. The quantitative estimate of drug-likeness (QED) is 0.623. The average Bonchev–Trinajstić information content (AvgIpc) is 2.84. The van der Waals surface area contributed by atoms with Crippen LogP contribution in [-0.4, -0.2) is 39.8 Å². The van der Waals surface area contributed by atoms with Gasteiger partial charge in [0, 0.05) is 41.5 Å². The summed E-state index contributed by atoms with van der Waals surface area (Å²) in [5.74, 6) is -0.0895. The van der Waals surface area contributed by atoms with Gasteiger partial charge in [0.05, 0.1) is 17.6 Å². The molecule has 33 heavy (non-hydrogen) atoms. The summed E-state index contributed by atoms with van der Waals surface area (Å²) >= 11 is 0. The van der Waals surface area contributed by atoms with E-state index in [0.29, 0.717) is 41.4 Å². The molecule has 2 aromatic carbocycles. The standard InChI is InChI=1S/C26H27N5O2/c1-17(27)19-11-13-31(14-12-19)26(33)21-8-6-7-20(15-21)23-16-28-18(2)24(30-23)25(32)29-22-9-4-3-5-10-22/h3-10,15-16,19H,1,11-14,27H2,2H3,(H,29,32). The zero-order valence-corrected chi connectivity index (χ0v) is 18.6. The van der Waals surface area contributed by atoms with Crippen molar-refractivity contribution in [1.82, 2.24) is 14.9 Å². The van der Waals surface area contributed by atoms with Crippen molar-refractivity contribution in [2.45, 2.75) is 19.8 Å². The fraction of sp³-hybridized carbons (Fsp3) is 0.231. The number of anilines is 1. The highest BCUT2D eigenvalue weighted by Crippen LogP contribution is 2.24. The molecule has 1 aliphatic heterocycles. The van der Waals surface area contributed by atoms with Crippen molar-refractivity contribution in [1.29, 1.82) is 0 Å². The molecule has 0 atom stereocenters. The lowest BCUT2D eigenvalue weighted by Crippen LogP contribution is -2.39. The van der Waals surface area contributed by atoms with Crippen LogP contribution in [0.1, 0.15) is 39.4 Å². The van der Waals surface area contributed by atoms with Crippen LogP contribution in [0.25, 0.3) is 11.3 Å². The maximum atomic E-state index is 13.1. The third-order valence-corrected chi connectivity index (χ3v) is 5.91. The monoisotopic (exact) mass is 441 g/mol. The highest BCUT2D eigenvalue weighted by Gasteiger charge is 2.24. The van der Waals surface area contributed by atoms with Gasteiger partial charge in [-0.1, -0.05) is 36.9 Å². The van der Waals surface area contributed by atoms with E-state index in [2.05, 4.69) is 21.9 Å². The number of allylic oxidation sites excluding steroid dienone is 1. The predicted molar refractivity (Wildman–Crippen MR) is 129 cm³/mol. The molecule has 168 valence electrons. The van der Waals surface area contributed by atoms with Crippen molar-refractivity contribution in [3.05, 3.63) is 90.0 Å². The van der Waals surface area contributed by atoms with Gasteiger partial charge in [0.1, 0.15) is 5.69 Å². The first kappa shape index (κ1) is 22.2. The minimum atomic E-state index is -0.329. The molecule has 1 aromatic heterocycles. The number of aryl methyl sites for hydroxylation is 1. The number of piperidine rings is 1.